The molecule has 2 rings (SSSR count). The summed E-state index contributed by atoms with van der Waals surface area (Å²) in [7, 11) is 0. The zero-order chi connectivity index (χ0) is 15.2. The average Bonchev–Trinajstić information content (AvgIpc) is 2.48. The van der Waals surface area contributed by atoms with Crippen molar-refractivity contribution in [1.82, 2.24) is 0 Å². The lowest BCUT2D eigenvalue weighted by atomic mass is 10.1. The number of nitriles is 1. The van der Waals surface area contributed by atoms with Crippen LogP contribution in [0.15, 0.2) is 48.5 Å². The van der Waals surface area contributed by atoms with Crippen molar-refractivity contribution in [2.24, 2.45) is 5.73 Å². The highest BCUT2D eigenvalue weighted by Gasteiger charge is 2.14. The molecule has 2 aromatic carbocycles. The number of benzene rings is 2. The van der Waals surface area contributed by atoms with Crippen molar-refractivity contribution >= 4 is 23.2 Å². The van der Waals surface area contributed by atoms with Gasteiger partial charge in [-0.1, -0.05) is 41.9 Å². The van der Waals surface area contributed by atoms with Crippen LogP contribution in [0, 0.1) is 11.3 Å². The van der Waals surface area contributed by atoms with Gasteiger partial charge in [0, 0.05) is 5.69 Å². The van der Waals surface area contributed by atoms with Crippen molar-refractivity contribution < 1.29 is 4.79 Å². The van der Waals surface area contributed by atoms with Crippen LogP contribution in [0.25, 0.3) is 0 Å². The molecule has 0 aliphatic heterocycles. The van der Waals surface area contributed by atoms with Crippen molar-refractivity contribution in [3.8, 4) is 6.07 Å². The monoisotopic (exact) mass is 299 g/mol. The number of nitrogens with zero attached hydrogens (tertiary/aromatic N) is 1. The molecule has 0 unspecified atom stereocenters. The van der Waals surface area contributed by atoms with Gasteiger partial charge in [0.05, 0.1) is 16.6 Å². The summed E-state index contributed by atoms with van der Waals surface area (Å²) < 4.78 is 0. The molecule has 5 heteroatoms. The van der Waals surface area contributed by atoms with E-state index in [0.29, 0.717) is 22.7 Å². The second-order valence-electron chi connectivity index (χ2n) is 4.59. The Balaban J connectivity index is 2.01. The Labute approximate surface area is 128 Å². The van der Waals surface area contributed by atoms with Crippen LogP contribution in [0.1, 0.15) is 11.1 Å². The number of halogens is 1. The molecule has 0 aliphatic carbocycles. The van der Waals surface area contributed by atoms with Crippen molar-refractivity contribution in [2.45, 2.75) is 12.5 Å². The predicted molar refractivity (Wildman–Crippen MR) is 82.9 cm³/mol. The summed E-state index contributed by atoms with van der Waals surface area (Å²) in [5.74, 6) is -0.292. The van der Waals surface area contributed by atoms with Gasteiger partial charge in [0.2, 0.25) is 5.91 Å². The first kappa shape index (κ1) is 15.0. The molecular weight excluding hydrogens is 286 g/mol. The highest BCUT2D eigenvalue weighted by Crippen LogP contribution is 2.20. The third kappa shape index (κ3) is 4.06. The van der Waals surface area contributed by atoms with Crippen molar-refractivity contribution in [3.63, 3.8) is 0 Å². The quantitative estimate of drug-likeness (QED) is 0.911. The molecule has 21 heavy (non-hydrogen) atoms. The van der Waals surface area contributed by atoms with E-state index in [4.69, 9.17) is 22.6 Å². The third-order valence-corrected chi connectivity index (χ3v) is 3.30. The van der Waals surface area contributed by atoms with Gasteiger partial charge in [-0.2, -0.15) is 5.26 Å². The van der Waals surface area contributed by atoms with E-state index < -0.39 is 6.04 Å². The molecule has 3 N–H and O–H groups in total. The van der Waals surface area contributed by atoms with Gasteiger partial charge in [0.15, 0.2) is 0 Å². The highest BCUT2D eigenvalue weighted by molar-refractivity contribution is 6.32. The van der Waals surface area contributed by atoms with E-state index in [1.807, 2.05) is 36.4 Å². The van der Waals surface area contributed by atoms with Gasteiger partial charge in [-0.15, -0.1) is 0 Å². The maximum atomic E-state index is 12.0. The van der Waals surface area contributed by atoms with E-state index in [2.05, 4.69) is 5.32 Å². The molecule has 0 aliphatic rings. The zero-order valence-electron chi connectivity index (χ0n) is 11.2. The first-order valence-electron chi connectivity index (χ1n) is 6.40. The normalized spacial score (nSPS) is 11.5. The Kier molecular flexibility index (Phi) is 4.94. The highest BCUT2D eigenvalue weighted by atomic mass is 35.5. The molecule has 1 amide bonds. The van der Waals surface area contributed by atoms with E-state index in [1.165, 1.54) is 6.07 Å². The van der Waals surface area contributed by atoms with Crippen LogP contribution in [0.5, 0.6) is 0 Å². The molecule has 0 radical (unpaired) electrons. The second kappa shape index (κ2) is 6.89. The number of carbonyl (C=O) groups is 1. The average molecular weight is 300 g/mol. The van der Waals surface area contributed by atoms with Crippen LogP contribution < -0.4 is 11.1 Å². The lowest BCUT2D eigenvalue weighted by Crippen LogP contribution is -2.37. The molecule has 0 saturated carbocycles. The van der Waals surface area contributed by atoms with E-state index in [0.717, 1.165) is 5.56 Å². The zero-order valence-corrected chi connectivity index (χ0v) is 12.0. The SMILES string of the molecule is N#Cc1ccc(NC(=O)[C@@H](N)Cc2ccccc2)cc1Cl. The summed E-state index contributed by atoms with van der Waals surface area (Å²) in [6.07, 6.45) is 0.455. The van der Waals surface area contributed by atoms with Crippen LogP contribution in [-0.4, -0.2) is 11.9 Å². The Morgan fingerprint density at radius 1 is 1.29 bits per heavy atom. The number of rotatable bonds is 4. The number of anilines is 1. The van der Waals surface area contributed by atoms with Gasteiger partial charge in [-0.3, -0.25) is 4.79 Å². The van der Waals surface area contributed by atoms with E-state index in [1.54, 1.807) is 12.1 Å². The van der Waals surface area contributed by atoms with Crippen molar-refractivity contribution in [2.75, 3.05) is 5.32 Å². The molecule has 1 atom stereocenters. The molecule has 106 valence electrons. The number of amides is 1. The molecular formula is C16H14ClN3O. The molecule has 0 spiro atoms. The Bertz CT molecular complexity index is 680. The largest absolute Gasteiger partial charge is 0.325 e. The van der Waals surface area contributed by atoms with Crippen LogP contribution in [-0.2, 0) is 11.2 Å². The maximum absolute atomic E-state index is 12.0. The van der Waals surface area contributed by atoms with E-state index in [9.17, 15) is 4.79 Å². The maximum Gasteiger partial charge on any atom is 0.241 e. The van der Waals surface area contributed by atoms with E-state index in [-0.39, 0.29) is 5.91 Å². The molecule has 0 bridgehead atoms. The fraction of sp³-hybridized carbons (Fsp3) is 0.125. The Morgan fingerprint density at radius 3 is 2.62 bits per heavy atom. The molecule has 0 heterocycles. The Hall–Kier alpha value is -2.35. The molecule has 0 saturated heterocycles. The van der Waals surface area contributed by atoms with Crippen LogP contribution >= 0.6 is 11.6 Å². The smallest absolute Gasteiger partial charge is 0.241 e. The number of nitrogens with two attached hydrogens (primary N) is 1. The number of hydrogen-bond acceptors (Lipinski definition) is 3. The van der Waals surface area contributed by atoms with Crippen molar-refractivity contribution in [3.05, 3.63) is 64.7 Å². The first-order chi connectivity index (χ1) is 10.1. The van der Waals surface area contributed by atoms with Gasteiger partial charge in [-0.05, 0) is 30.2 Å². The second-order valence-corrected chi connectivity index (χ2v) is 5.00. The lowest BCUT2D eigenvalue weighted by Gasteiger charge is -2.12. The molecule has 2 aromatic rings. The lowest BCUT2D eigenvalue weighted by molar-refractivity contribution is -0.117. The first-order valence-corrected chi connectivity index (χ1v) is 6.78. The summed E-state index contributed by atoms with van der Waals surface area (Å²) in [5, 5.41) is 11.8. The fourth-order valence-corrected chi connectivity index (χ4v) is 2.10. The summed E-state index contributed by atoms with van der Waals surface area (Å²) in [6.45, 7) is 0. The minimum Gasteiger partial charge on any atom is -0.325 e. The topological polar surface area (TPSA) is 78.9 Å². The van der Waals surface area contributed by atoms with Crippen LogP contribution in [0.4, 0.5) is 5.69 Å². The minimum absolute atomic E-state index is 0.292. The fourth-order valence-electron chi connectivity index (χ4n) is 1.88. The molecule has 0 fully saturated rings. The summed E-state index contributed by atoms with van der Waals surface area (Å²) in [4.78, 5) is 12.0. The third-order valence-electron chi connectivity index (χ3n) is 2.99. The van der Waals surface area contributed by atoms with Gasteiger partial charge in [0.25, 0.3) is 0 Å². The Morgan fingerprint density at radius 2 is 2.00 bits per heavy atom. The predicted octanol–water partition coefficient (Wildman–Crippen LogP) is 2.72. The van der Waals surface area contributed by atoms with Crippen LogP contribution in [0.2, 0.25) is 5.02 Å². The standard InChI is InChI=1S/C16H14ClN3O/c17-14-9-13(7-6-12(14)10-18)20-16(21)15(19)8-11-4-2-1-3-5-11/h1-7,9,15H,8,19H2,(H,20,21)/t15-/m0/s1. The summed E-state index contributed by atoms with van der Waals surface area (Å²) >= 11 is 5.92. The van der Waals surface area contributed by atoms with E-state index >= 15 is 0 Å². The molecule has 4 nitrogen and oxygen atoms in total. The molecule has 0 aromatic heterocycles. The van der Waals surface area contributed by atoms with Gasteiger partial charge < -0.3 is 11.1 Å². The van der Waals surface area contributed by atoms with Gasteiger partial charge in [0.1, 0.15) is 6.07 Å². The number of nitrogens with one attached hydrogen (secondary N) is 1. The van der Waals surface area contributed by atoms with Crippen molar-refractivity contribution in [1.29, 1.82) is 5.26 Å². The minimum atomic E-state index is -0.651. The number of carbonyl (C=O) groups excluding carboxylic acids is 1. The number of hydrogen-bond donors (Lipinski definition) is 2. The van der Waals surface area contributed by atoms with Gasteiger partial charge >= 0.3 is 0 Å². The summed E-state index contributed by atoms with van der Waals surface area (Å²) in [6, 6.07) is 15.6. The summed E-state index contributed by atoms with van der Waals surface area (Å²) in [5.41, 5.74) is 7.78. The van der Waals surface area contributed by atoms with Gasteiger partial charge in [-0.25, -0.2) is 0 Å². The van der Waals surface area contributed by atoms with Crippen LogP contribution in [0.3, 0.4) is 0 Å².